The molecule has 1 heterocycles. The number of thiol groups is 1. The van der Waals surface area contributed by atoms with Crippen LogP contribution in [0.3, 0.4) is 0 Å². The average molecular weight is 264 g/mol. The molecule has 1 aromatic carbocycles. The summed E-state index contributed by atoms with van der Waals surface area (Å²) in [5.74, 6) is -0.0161. The zero-order valence-electron chi connectivity index (χ0n) is 10.7. The molecule has 18 heavy (non-hydrogen) atoms. The van der Waals surface area contributed by atoms with Crippen molar-refractivity contribution in [3.8, 4) is 0 Å². The van der Waals surface area contributed by atoms with E-state index in [0.29, 0.717) is 5.56 Å². The van der Waals surface area contributed by atoms with Gasteiger partial charge in [-0.25, -0.2) is 0 Å². The van der Waals surface area contributed by atoms with Crippen molar-refractivity contribution in [2.75, 3.05) is 19.6 Å². The van der Waals surface area contributed by atoms with Gasteiger partial charge in [-0.05, 0) is 51.1 Å². The number of likely N-dealkylation sites (tertiary alicyclic amines) is 1. The van der Waals surface area contributed by atoms with E-state index < -0.39 is 0 Å². The second kappa shape index (κ2) is 6.25. The largest absolute Gasteiger partial charge is 0.348 e. The molecule has 3 nitrogen and oxygen atoms in total. The zero-order chi connectivity index (χ0) is 13.0. The molecule has 1 saturated heterocycles. The second-order valence-electron chi connectivity index (χ2n) is 4.93. The number of carbonyl (C=O) groups is 1. The lowest BCUT2D eigenvalue weighted by Crippen LogP contribution is -2.41. The van der Waals surface area contributed by atoms with Gasteiger partial charge in [-0.2, -0.15) is 0 Å². The van der Waals surface area contributed by atoms with E-state index in [0.717, 1.165) is 24.5 Å². The number of amides is 1. The van der Waals surface area contributed by atoms with Crippen LogP contribution in [-0.4, -0.2) is 36.5 Å². The van der Waals surface area contributed by atoms with E-state index in [1.165, 1.54) is 12.8 Å². The van der Waals surface area contributed by atoms with Crippen molar-refractivity contribution < 1.29 is 4.79 Å². The molecule has 1 fully saturated rings. The first-order valence-electron chi connectivity index (χ1n) is 6.47. The van der Waals surface area contributed by atoms with Gasteiger partial charge in [-0.3, -0.25) is 4.79 Å². The molecule has 4 heteroatoms. The maximum atomic E-state index is 12.0. The van der Waals surface area contributed by atoms with Crippen molar-refractivity contribution in [2.45, 2.75) is 30.7 Å². The van der Waals surface area contributed by atoms with Crippen molar-refractivity contribution in [1.82, 2.24) is 10.2 Å². The number of nitrogens with one attached hydrogen (secondary N) is 1. The summed E-state index contributed by atoms with van der Waals surface area (Å²) in [6.07, 6.45) is 2.56. The lowest BCUT2D eigenvalue weighted by atomic mass is 10.2. The Hall–Kier alpha value is -1.00. The van der Waals surface area contributed by atoms with Gasteiger partial charge in [0.15, 0.2) is 0 Å². The van der Waals surface area contributed by atoms with Gasteiger partial charge in [0.05, 0.1) is 0 Å². The third-order valence-electron chi connectivity index (χ3n) is 3.22. The molecule has 1 unspecified atom stereocenters. The van der Waals surface area contributed by atoms with E-state index in [-0.39, 0.29) is 11.9 Å². The molecular formula is C14H20N2OS. The van der Waals surface area contributed by atoms with Gasteiger partial charge >= 0.3 is 0 Å². The highest BCUT2D eigenvalue weighted by atomic mass is 32.1. The van der Waals surface area contributed by atoms with Crippen LogP contribution in [0.15, 0.2) is 29.2 Å². The Balaban J connectivity index is 1.86. The normalized spacial score (nSPS) is 17.7. The number of benzene rings is 1. The summed E-state index contributed by atoms with van der Waals surface area (Å²) in [6, 6.07) is 7.51. The Labute approximate surface area is 114 Å². The predicted octanol–water partition coefficient (Wildman–Crippen LogP) is 2.19. The predicted molar refractivity (Wildman–Crippen MR) is 76.3 cm³/mol. The number of carbonyl (C=O) groups excluding carboxylic acids is 1. The number of nitrogens with zero attached hydrogens (tertiary/aromatic N) is 1. The van der Waals surface area contributed by atoms with Crippen LogP contribution in [0, 0.1) is 0 Å². The summed E-state index contributed by atoms with van der Waals surface area (Å²) < 4.78 is 0. The highest BCUT2D eigenvalue weighted by Crippen LogP contribution is 2.10. The standard InChI is InChI=1S/C14H20N2OS/c1-11(10-16-7-2-3-8-16)15-14(17)12-5-4-6-13(18)9-12/h4-6,9,11,18H,2-3,7-8,10H2,1H3,(H,15,17). The Morgan fingerprint density at radius 1 is 1.44 bits per heavy atom. The smallest absolute Gasteiger partial charge is 0.251 e. The van der Waals surface area contributed by atoms with E-state index in [2.05, 4.69) is 29.8 Å². The van der Waals surface area contributed by atoms with Gasteiger partial charge < -0.3 is 10.2 Å². The third-order valence-corrected chi connectivity index (χ3v) is 3.49. The summed E-state index contributed by atoms with van der Waals surface area (Å²) in [7, 11) is 0. The first kappa shape index (κ1) is 13.4. The van der Waals surface area contributed by atoms with Crippen LogP contribution < -0.4 is 5.32 Å². The van der Waals surface area contributed by atoms with Crippen molar-refractivity contribution >= 4 is 18.5 Å². The summed E-state index contributed by atoms with van der Waals surface area (Å²) in [5, 5.41) is 3.04. The van der Waals surface area contributed by atoms with Gasteiger partial charge in [-0.1, -0.05) is 6.07 Å². The first-order valence-corrected chi connectivity index (χ1v) is 6.92. The molecule has 1 aromatic rings. The fourth-order valence-corrected chi connectivity index (χ4v) is 2.58. The molecule has 1 atom stereocenters. The monoisotopic (exact) mass is 264 g/mol. The summed E-state index contributed by atoms with van der Waals surface area (Å²) in [4.78, 5) is 15.2. The lowest BCUT2D eigenvalue weighted by molar-refractivity contribution is 0.0931. The molecule has 98 valence electrons. The van der Waals surface area contributed by atoms with E-state index >= 15 is 0 Å². The molecule has 1 aliphatic rings. The van der Waals surface area contributed by atoms with Crippen molar-refractivity contribution in [3.63, 3.8) is 0 Å². The highest BCUT2D eigenvalue weighted by molar-refractivity contribution is 7.80. The molecule has 2 rings (SSSR count). The first-order chi connectivity index (χ1) is 8.65. The van der Waals surface area contributed by atoms with Crippen LogP contribution in [-0.2, 0) is 0 Å². The van der Waals surface area contributed by atoms with E-state index in [9.17, 15) is 4.79 Å². The number of hydrogen-bond donors (Lipinski definition) is 2. The average Bonchev–Trinajstić information content (AvgIpc) is 2.81. The molecule has 1 N–H and O–H groups in total. The minimum atomic E-state index is -0.0161. The molecule has 0 spiro atoms. The Kier molecular flexibility index (Phi) is 4.66. The maximum absolute atomic E-state index is 12.0. The second-order valence-corrected chi connectivity index (χ2v) is 5.45. The molecule has 0 radical (unpaired) electrons. The minimum absolute atomic E-state index is 0.0161. The lowest BCUT2D eigenvalue weighted by Gasteiger charge is -2.21. The Morgan fingerprint density at radius 3 is 2.83 bits per heavy atom. The summed E-state index contributed by atoms with van der Waals surface area (Å²) >= 11 is 4.25. The fourth-order valence-electron chi connectivity index (χ4n) is 2.35. The van der Waals surface area contributed by atoms with Gasteiger partial charge in [0.1, 0.15) is 0 Å². The number of hydrogen-bond acceptors (Lipinski definition) is 3. The van der Waals surface area contributed by atoms with Gasteiger partial charge in [0.25, 0.3) is 5.91 Å². The van der Waals surface area contributed by atoms with Crippen LogP contribution in [0.4, 0.5) is 0 Å². The van der Waals surface area contributed by atoms with E-state index in [1.54, 1.807) is 6.07 Å². The fraction of sp³-hybridized carbons (Fsp3) is 0.500. The third kappa shape index (κ3) is 3.75. The van der Waals surface area contributed by atoms with E-state index in [4.69, 9.17) is 0 Å². The van der Waals surface area contributed by atoms with Crippen molar-refractivity contribution in [3.05, 3.63) is 29.8 Å². The molecule has 0 aromatic heterocycles. The van der Waals surface area contributed by atoms with Crippen LogP contribution >= 0.6 is 12.6 Å². The Morgan fingerprint density at radius 2 is 2.17 bits per heavy atom. The van der Waals surface area contributed by atoms with Crippen LogP contribution in [0.5, 0.6) is 0 Å². The zero-order valence-corrected chi connectivity index (χ0v) is 11.6. The van der Waals surface area contributed by atoms with Gasteiger partial charge in [0, 0.05) is 23.0 Å². The van der Waals surface area contributed by atoms with Crippen molar-refractivity contribution in [1.29, 1.82) is 0 Å². The van der Waals surface area contributed by atoms with E-state index in [1.807, 2.05) is 18.2 Å². The molecular weight excluding hydrogens is 244 g/mol. The van der Waals surface area contributed by atoms with Crippen LogP contribution in [0.25, 0.3) is 0 Å². The van der Waals surface area contributed by atoms with Gasteiger partial charge in [-0.15, -0.1) is 12.6 Å². The van der Waals surface area contributed by atoms with Crippen LogP contribution in [0.2, 0.25) is 0 Å². The molecule has 0 bridgehead atoms. The highest BCUT2D eigenvalue weighted by Gasteiger charge is 2.16. The number of rotatable bonds is 4. The minimum Gasteiger partial charge on any atom is -0.348 e. The SMILES string of the molecule is CC(CN1CCCC1)NC(=O)c1cccc(S)c1. The maximum Gasteiger partial charge on any atom is 0.251 e. The van der Waals surface area contributed by atoms with Gasteiger partial charge in [0.2, 0.25) is 0 Å². The summed E-state index contributed by atoms with van der Waals surface area (Å²) in [6.45, 7) is 5.31. The molecule has 0 saturated carbocycles. The Bertz CT molecular complexity index is 416. The van der Waals surface area contributed by atoms with Crippen LogP contribution in [0.1, 0.15) is 30.1 Å². The quantitative estimate of drug-likeness (QED) is 0.817. The molecule has 1 aliphatic heterocycles. The molecule has 0 aliphatic carbocycles. The topological polar surface area (TPSA) is 32.3 Å². The van der Waals surface area contributed by atoms with Crippen molar-refractivity contribution in [2.24, 2.45) is 0 Å². The molecule has 1 amide bonds. The summed E-state index contributed by atoms with van der Waals surface area (Å²) in [5.41, 5.74) is 0.677.